The fourth-order valence-electron chi connectivity index (χ4n) is 2.39. The SMILES string of the molecule is C=CN(CCNCCC[Si](OC)(OC)OC)Cc1ccccc1.Cl. The lowest BCUT2D eigenvalue weighted by molar-refractivity contribution is 0.123. The molecule has 0 aromatic heterocycles. The standard InChI is InChI=1S/C17H30N2O3Si.ClH/c1-5-19(16-17-10-7-6-8-11-17)14-13-18-12-9-15-23(20-2,21-3)22-4;/h5-8,10-11,18H,1,9,12-16H2,2-4H3;1H. The first-order valence-corrected chi connectivity index (χ1v) is 9.89. The van der Waals surface area contributed by atoms with Gasteiger partial charge in [-0.3, -0.25) is 0 Å². The van der Waals surface area contributed by atoms with Gasteiger partial charge in [0, 0.05) is 47.0 Å². The van der Waals surface area contributed by atoms with E-state index in [1.807, 2.05) is 12.3 Å². The molecule has 0 fully saturated rings. The highest BCUT2D eigenvalue weighted by atomic mass is 35.5. The van der Waals surface area contributed by atoms with Crippen LogP contribution in [0.15, 0.2) is 43.1 Å². The molecule has 7 heteroatoms. The third-order valence-electron chi connectivity index (χ3n) is 3.83. The minimum Gasteiger partial charge on any atom is -0.377 e. The summed E-state index contributed by atoms with van der Waals surface area (Å²) < 4.78 is 16.2. The molecule has 0 heterocycles. The summed E-state index contributed by atoms with van der Waals surface area (Å²) in [5.41, 5.74) is 1.29. The molecule has 0 amide bonds. The van der Waals surface area contributed by atoms with Crippen LogP contribution in [0.4, 0.5) is 0 Å². The van der Waals surface area contributed by atoms with E-state index in [1.165, 1.54) is 5.56 Å². The van der Waals surface area contributed by atoms with E-state index in [0.29, 0.717) is 0 Å². The number of hydrogen-bond donors (Lipinski definition) is 1. The Hall–Kier alpha value is -0.893. The summed E-state index contributed by atoms with van der Waals surface area (Å²) in [6.45, 7) is 7.55. The number of rotatable bonds is 13. The van der Waals surface area contributed by atoms with Crippen LogP contribution in [0.5, 0.6) is 0 Å². The maximum absolute atomic E-state index is 5.41. The Kier molecular flexibility index (Phi) is 12.9. The molecule has 0 radical (unpaired) electrons. The summed E-state index contributed by atoms with van der Waals surface area (Å²) in [5.74, 6) is 0. The van der Waals surface area contributed by atoms with Crippen molar-refractivity contribution in [3.8, 4) is 0 Å². The average molecular weight is 375 g/mol. The van der Waals surface area contributed by atoms with Gasteiger partial charge >= 0.3 is 8.80 Å². The minimum absolute atomic E-state index is 0. The Morgan fingerprint density at radius 2 is 1.71 bits per heavy atom. The first kappa shape index (κ1) is 23.1. The molecule has 0 saturated carbocycles. The molecule has 5 nitrogen and oxygen atoms in total. The van der Waals surface area contributed by atoms with E-state index in [1.54, 1.807) is 21.3 Å². The fraction of sp³-hybridized carbons (Fsp3) is 0.529. The maximum Gasteiger partial charge on any atom is 0.500 e. The molecule has 1 N–H and O–H groups in total. The van der Waals surface area contributed by atoms with Gasteiger partial charge in [-0.2, -0.15) is 0 Å². The quantitative estimate of drug-likeness (QED) is 0.424. The zero-order valence-electron chi connectivity index (χ0n) is 15.0. The van der Waals surface area contributed by atoms with Gasteiger partial charge in [-0.25, -0.2) is 0 Å². The maximum atomic E-state index is 5.41. The van der Waals surface area contributed by atoms with Gasteiger partial charge in [0.15, 0.2) is 0 Å². The largest absolute Gasteiger partial charge is 0.500 e. The van der Waals surface area contributed by atoms with Gasteiger partial charge in [0.1, 0.15) is 0 Å². The van der Waals surface area contributed by atoms with Gasteiger partial charge in [-0.05, 0) is 24.7 Å². The van der Waals surface area contributed by atoms with Crippen molar-refractivity contribution >= 4 is 21.2 Å². The average Bonchev–Trinajstić information content (AvgIpc) is 2.61. The highest BCUT2D eigenvalue weighted by Gasteiger charge is 2.36. The molecule has 138 valence electrons. The number of benzene rings is 1. The first-order valence-electron chi connectivity index (χ1n) is 7.96. The molecule has 1 aromatic carbocycles. The van der Waals surface area contributed by atoms with Crippen LogP contribution < -0.4 is 5.32 Å². The minimum atomic E-state index is -2.42. The molecule has 0 spiro atoms. The summed E-state index contributed by atoms with van der Waals surface area (Å²) >= 11 is 0. The zero-order valence-corrected chi connectivity index (χ0v) is 16.8. The summed E-state index contributed by atoms with van der Waals surface area (Å²) in [4.78, 5) is 2.21. The topological polar surface area (TPSA) is 43.0 Å². The summed E-state index contributed by atoms with van der Waals surface area (Å²) in [7, 11) is 2.53. The zero-order chi connectivity index (χ0) is 17.0. The van der Waals surface area contributed by atoms with Crippen LogP contribution >= 0.6 is 12.4 Å². The van der Waals surface area contributed by atoms with E-state index >= 15 is 0 Å². The lowest BCUT2D eigenvalue weighted by Gasteiger charge is -2.24. The van der Waals surface area contributed by atoms with Crippen molar-refractivity contribution in [1.29, 1.82) is 0 Å². The summed E-state index contributed by atoms with van der Waals surface area (Å²) in [5, 5.41) is 3.45. The van der Waals surface area contributed by atoms with Gasteiger partial charge in [0.25, 0.3) is 0 Å². The van der Waals surface area contributed by atoms with Crippen LogP contribution in [0, 0.1) is 0 Å². The molecule has 0 saturated heterocycles. The van der Waals surface area contributed by atoms with Crippen LogP contribution in [0.25, 0.3) is 0 Å². The van der Waals surface area contributed by atoms with Crippen LogP contribution in [-0.2, 0) is 19.8 Å². The second-order valence-corrected chi connectivity index (χ2v) is 8.38. The van der Waals surface area contributed by atoms with Crippen molar-refractivity contribution in [3.05, 3.63) is 48.7 Å². The molecule has 0 aliphatic carbocycles. The molecule has 0 atom stereocenters. The lowest BCUT2D eigenvalue weighted by atomic mass is 10.2. The van der Waals surface area contributed by atoms with Gasteiger partial charge in [0.05, 0.1) is 0 Å². The lowest BCUT2D eigenvalue weighted by Crippen LogP contribution is -2.43. The van der Waals surface area contributed by atoms with Crippen molar-refractivity contribution in [2.45, 2.75) is 19.0 Å². The predicted molar refractivity (Wildman–Crippen MR) is 103 cm³/mol. The Bertz CT molecular complexity index is 425. The van der Waals surface area contributed by atoms with E-state index in [2.05, 4.69) is 41.1 Å². The summed E-state index contributed by atoms with van der Waals surface area (Å²) in [6, 6.07) is 11.2. The first-order chi connectivity index (χ1) is 11.2. The van der Waals surface area contributed by atoms with Crippen molar-refractivity contribution in [2.24, 2.45) is 0 Å². The third kappa shape index (κ3) is 8.28. The summed E-state index contributed by atoms with van der Waals surface area (Å²) in [6.07, 6.45) is 2.86. The molecular weight excluding hydrogens is 344 g/mol. The van der Waals surface area contributed by atoms with Gasteiger partial charge < -0.3 is 23.5 Å². The Morgan fingerprint density at radius 3 is 2.25 bits per heavy atom. The van der Waals surface area contributed by atoms with E-state index in [4.69, 9.17) is 13.3 Å². The molecule has 24 heavy (non-hydrogen) atoms. The molecule has 0 aliphatic heterocycles. The second kappa shape index (κ2) is 13.4. The third-order valence-corrected chi connectivity index (χ3v) is 6.66. The van der Waals surface area contributed by atoms with E-state index < -0.39 is 8.80 Å². The van der Waals surface area contributed by atoms with E-state index in [0.717, 1.165) is 38.6 Å². The molecule has 1 rings (SSSR count). The van der Waals surface area contributed by atoms with Crippen molar-refractivity contribution in [3.63, 3.8) is 0 Å². The van der Waals surface area contributed by atoms with E-state index in [-0.39, 0.29) is 12.4 Å². The van der Waals surface area contributed by atoms with Gasteiger partial charge in [0.2, 0.25) is 0 Å². The van der Waals surface area contributed by atoms with Crippen molar-refractivity contribution in [1.82, 2.24) is 10.2 Å². The van der Waals surface area contributed by atoms with Crippen molar-refractivity contribution < 1.29 is 13.3 Å². The predicted octanol–water partition coefficient (Wildman–Crippen LogP) is 2.91. The molecule has 0 aliphatic rings. The highest BCUT2D eigenvalue weighted by Crippen LogP contribution is 2.14. The monoisotopic (exact) mass is 374 g/mol. The van der Waals surface area contributed by atoms with E-state index in [9.17, 15) is 0 Å². The van der Waals surface area contributed by atoms with Crippen LogP contribution in [0.2, 0.25) is 6.04 Å². The van der Waals surface area contributed by atoms with Gasteiger partial charge in [-0.1, -0.05) is 36.9 Å². The Balaban J connectivity index is 0.00000529. The van der Waals surface area contributed by atoms with Crippen LogP contribution in [0.1, 0.15) is 12.0 Å². The number of hydrogen-bond acceptors (Lipinski definition) is 5. The molecule has 1 aromatic rings. The second-order valence-electron chi connectivity index (χ2n) is 5.29. The molecular formula is C17H31ClN2O3Si. The molecule has 0 unspecified atom stereocenters. The fourth-order valence-corrected chi connectivity index (χ4v) is 4.11. The number of nitrogens with one attached hydrogen (secondary N) is 1. The smallest absolute Gasteiger partial charge is 0.377 e. The number of nitrogens with zero attached hydrogens (tertiary/aromatic N) is 1. The number of halogens is 1. The highest BCUT2D eigenvalue weighted by molar-refractivity contribution is 6.60. The van der Waals surface area contributed by atoms with Gasteiger partial charge in [-0.15, -0.1) is 12.4 Å². The Morgan fingerprint density at radius 1 is 1.08 bits per heavy atom. The van der Waals surface area contributed by atoms with Crippen LogP contribution in [-0.4, -0.2) is 54.7 Å². The molecule has 0 bridgehead atoms. The Labute approximate surface area is 153 Å². The normalized spacial score (nSPS) is 11.0. The van der Waals surface area contributed by atoms with Crippen LogP contribution in [0.3, 0.4) is 0 Å². The van der Waals surface area contributed by atoms with Crippen molar-refractivity contribution in [2.75, 3.05) is 41.0 Å².